The topological polar surface area (TPSA) is 41.6 Å². The fraction of sp³-hybridized carbons (Fsp3) is 0.917. The van der Waals surface area contributed by atoms with E-state index in [9.17, 15) is 4.79 Å². The van der Waals surface area contributed by atoms with Crippen LogP contribution in [-0.4, -0.2) is 49.7 Å². The zero-order valence-electron chi connectivity index (χ0n) is 10.5. The predicted molar refractivity (Wildman–Crippen MR) is 69.5 cm³/mol. The van der Waals surface area contributed by atoms with Crippen LogP contribution in [0.4, 0.5) is 0 Å². The Morgan fingerprint density at radius 2 is 2.12 bits per heavy atom. The van der Waals surface area contributed by atoms with Crippen LogP contribution >= 0.6 is 12.4 Å². The van der Waals surface area contributed by atoms with Gasteiger partial charge in [-0.1, -0.05) is 12.8 Å². The summed E-state index contributed by atoms with van der Waals surface area (Å²) in [5, 5.41) is 3.32. The number of amides is 1. The molecule has 0 aromatic heterocycles. The lowest BCUT2D eigenvalue weighted by Gasteiger charge is -2.28. The van der Waals surface area contributed by atoms with Gasteiger partial charge in [-0.3, -0.25) is 4.79 Å². The first kappa shape index (κ1) is 14.7. The Morgan fingerprint density at radius 3 is 2.71 bits per heavy atom. The molecule has 100 valence electrons. The van der Waals surface area contributed by atoms with Crippen molar-refractivity contribution in [2.45, 2.75) is 44.2 Å². The molecule has 1 amide bonds. The average Bonchev–Trinajstić information content (AvgIpc) is 2.83. The number of carbonyl (C=O) groups is 1. The van der Waals surface area contributed by atoms with Gasteiger partial charge in [0.25, 0.3) is 0 Å². The Bertz CT molecular complexity index is 239. The van der Waals surface area contributed by atoms with Gasteiger partial charge in [0, 0.05) is 32.1 Å². The second-order valence-corrected chi connectivity index (χ2v) is 4.87. The van der Waals surface area contributed by atoms with E-state index in [0.29, 0.717) is 19.1 Å². The Kier molecular flexibility index (Phi) is 6.23. The van der Waals surface area contributed by atoms with Crippen molar-refractivity contribution in [1.29, 1.82) is 0 Å². The Hall–Kier alpha value is -0.320. The van der Waals surface area contributed by atoms with Crippen LogP contribution in [0.1, 0.15) is 32.1 Å². The minimum absolute atomic E-state index is 0. The maximum absolute atomic E-state index is 12.0. The minimum atomic E-state index is 0. The summed E-state index contributed by atoms with van der Waals surface area (Å²) in [4.78, 5) is 14.0. The van der Waals surface area contributed by atoms with Crippen molar-refractivity contribution >= 4 is 18.3 Å². The normalized spacial score (nSPS) is 25.4. The highest BCUT2D eigenvalue weighted by Crippen LogP contribution is 2.23. The summed E-state index contributed by atoms with van der Waals surface area (Å²) >= 11 is 0. The molecule has 0 radical (unpaired) electrons. The van der Waals surface area contributed by atoms with E-state index < -0.39 is 0 Å². The van der Waals surface area contributed by atoms with E-state index >= 15 is 0 Å². The molecule has 2 aliphatic rings. The van der Waals surface area contributed by atoms with Crippen LogP contribution in [0.15, 0.2) is 0 Å². The number of halogens is 1. The van der Waals surface area contributed by atoms with Crippen LogP contribution in [0.25, 0.3) is 0 Å². The number of rotatable bonds is 3. The van der Waals surface area contributed by atoms with E-state index in [1.54, 1.807) is 0 Å². The van der Waals surface area contributed by atoms with Gasteiger partial charge < -0.3 is 15.0 Å². The molecule has 1 saturated carbocycles. The lowest BCUT2D eigenvalue weighted by molar-refractivity contribution is -0.133. The maximum atomic E-state index is 12.0. The summed E-state index contributed by atoms with van der Waals surface area (Å²) < 4.78 is 5.35. The highest BCUT2D eigenvalue weighted by Gasteiger charge is 2.25. The van der Waals surface area contributed by atoms with E-state index in [-0.39, 0.29) is 24.4 Å². The van der Waals surface area contributed by atoms with Gasteiger partial charge in [0.2, 0.25) is 5.91 Å². The molecule has 0 bridgehead atoms. The van der Waals surface area contributed by atoms with E-state index in [1.807, 2.05) is 11.9 Å². The van der Waals surface area contributed by atoms with Gasteiger partial charge in [0.05, 0.1) is 13.2 Å². The second-order valence-electron chi connectivity index (χ2n) is 4.87. The monoisotopic (exact) mass is 262 g/mol. The molecule has 5 heteroatoms. The summed E-state index contributed by atoms with van der Waals surface area (Å²) in [5.41, 5.74) is 0. The van der Waals surface area contributed by atoms with Gasteiger partial charge in [-0.25, -0.2) is 0 Å². The van der Waals surface area contributed by atoms with Crippen molar-refractivity contribution in [3.05, 3.63) is 0 Å². The molecule has 2 fully saturated rings. The lowest BCUT2D eigenvalue weighted by Crippen LogP contribution is -2.45. The molecule has 1 N–H and O–H groups in total. The quantitative estimate of drug-likeness (QED) is 0.831. The van der Waals surface area contributed by atoms with E-state index in [4.69, 9.17) is 4.74 Å². The fourth-order valence-electron chi connectivity index (χ4n) is 2.60. The standard InChI is InChI=1S/C12H22N2O2.ClH/c1-14(11-4-2-3-5-11)12(15)8-10-9-16-7-6-13-10;/h10-11,13H,2-9H2,1H3;1H. The number of carbonyl (C=O) groups excluding carboxylic acids is 1. The van der Waals surface area contributed by atoms with E-state index in [0.717, 1.165) is 13.2 Å². The third-order valence-corrected chi connectivity index (χ3v) is 3.69. The summed E-state index contributed by atoms with van der Waals surface area (Å²) in [6.07, 6.45) is 5.47. The zero-order chi connectivity index (χ0) is 11.4. The number of ether oxygens (including phenoxy) is 1. The number of nitrogens with zero attached hydrogens (tertiary/aromatic N) is 1. The molecule has 1 aliphatic heterocycles. The van der Waals surface area contributed by atoms with Gasteiger partial charge in [-0.2, -0.15) is 0 Å². The molecule has 0 spiro atoms. The van der Waals surface area contributed by atoms with Crippen molar-refractivity contribution in [3.8, 4) is 0 Å². The SMILES string of the molecule is CN(C(=O)CC1COCCN1)C1CCCC1.Cl. The molecule has 1 atom stereocenters. The summed E-state index contributed by atoms with van der Waals surface area (Å²) in [6.45, 7) is 2.30. The van der Waals surface area contributed by atoms with Crippen molar-refractivity contribution in [1.82, 2.24) is 10.2 Å². The molecule has 0 aromatic rings. The van der Waals surface area contributed by atoms with Crippen molar-refractivity contribution < 1.29 is 9.53 Å². The van der Waals surface area contributed by atoms with Crippen LogP contribution < -0.4 is 5.32 Å². The summed E-state index contributed by atoms with van der Waals surface area (Å²) in [7, 11) is 1.95. The van der Waals surface area contributed by atoms with Crippen LogP contribution in [-0.2, 0) is 9.53 Å². The van der Waals surface area contributed by atoms with E-state index in [1.165, 1.54) is 25.7 Å². The Balaban J connectivity index is 0.00000144. The largest absolute Gasteiger partial charge is 0.378 e. The molecule has 0 aromatic carbocycles. The molecule has 17 heavy (non-hydrogen) atoms. The van der Waals surface area contributed by atoms with Crippen molar-refractivity contribution in [2.75, 3.05) is 26.8 Å². The molecular formula is C12H23ClN2O2. The molecule has 4 nitrogen and oxygen atoms in total. The molecule has 1 heterocycles. The van der Waals surface area contributed by atoms with Gasteiger partial charge in [-0.15, -0.1) is 12.4 Å². The third-order valence-electron chi connectivity index (χ3n) is 3.69. The van der Waals surface area contributed by atoms with Crippen LogP contribution in [0.2, 0.25) is 0 Å². The predicted octanol–water partition coefficient (Wildman–Crippen LogP) is 1.19. The third kappa shape index (κ3) is 4.12. The Labute approximate surface area is 109 Å². The molecule has 1 saturated heterocycles. The van der Waals surface area contributed by atoms with Crippen molar-refractivity contribution in [2.24, 2.45) is 0 Å². The highest BCUT2D eigenvalue weighted by molar-refractivity contribution is 5.85. The van der Waals surface area contributed by atoms with Gasteiger partial charge >= 0.3 is 0 Å². The van der Waals surface area contributed by atoms with Crippen LogP contribution in [0, 0.1) is 0 Å². The second kappa shape index (κ2) is 7.19. The minimum Gasteiger partial charge on any atom is -0.378 e. The molecule has 2 rings (SSSR count). The highest BCUT2D eigenvalue weighted by atomic mass is 35.5. The number of morpholine rings is 1. The van der Waals surface area contributed by atoms with Gasteiger partial charge in [0.15, 0.2) is 0 Å². The van der Waals surface area contributed by atoms with Gasteiger partial charge in [-0.05, 0) is 12.8 Å². The first-order valence-electron chi connectivity index (χ1n) is 6.34. The van der Waals surface area contributed by atoms with E-state index in [2.05, 4.69) is 5.32 Å². The summed E-state index contributed by atoms with van der Waals surface area (Å²) in [5.74, 6) is 0.259. The summed E-state index contributed by atoms with van der Waals surface area (Å²) in [6, 6.07) is 0.696. The number of nitrogens with one attached hydrogen (secondary N) is 1. The van der Waals surface area contributed by atoms with Crippen LogP contribution in [0.5, 0.6) is 0 Å². The zero-order valence-corrected chi connectivity index (χ0v) is 11.3. The van der Waals surface area contributed by atoms with Crippen LogP contribution in [0.3, 0.4) is 0 Å². The van der Waals surface area contributed by atoms with Gasteiger partial charge in [0.1, 0.15) is 0 Å². The maximum Gasteiger partial charge on any atom is 0.224 e. The molecular weight excluding hydrogens is 240 g/mol. The lowest BCUT2D eigenvalue weighted by atomic mass is 10.1. The fourth-order valence-corrected chi connectivity index (χ4v) is 2.60. The smallest absolute Gasteiger partial charge is 0.224 e. The van der Waals surface area contributed by atoms with Crippen molar-refractivity contribution in [3.63, 3.8) is 0 Å². The number of hydrogen-bond acceptors (Lipinski definition) is 3. The average molecular weight is 263 g/mol. The first-order valence-corrected chi connectivity index (χ1v) is 6.34. The molecule has 1 aliphatic carbocycles. The molecule has 1 unspecified atom stereocenters. The Morgan fingerprint density at radius 1 is 1.41 bits per heavy atom. The number of hydrogen-bond donors (Lipinski definition) is 1. The first-order chi connectivity index (χ1) is 7.77.